The van der Waals surface area contributed by atoms with Gasteiger partial charge in [0.15, 0.2) is 0 Å². The Balaban J connectivity index is 1.83. The van der Waals surface area contributed by atoms with E-state index in [1.54, 1.807) is 7.11 Å². The first-order chi connectivity index (χ1) is 11.7. The molecule has 0 radical (unpaired) electrons. The molecular formula is C20H27N3O. The lowest BCUT2D eigenvalue weighted by Crippen LogP contribution is -2.39. The van der Waals surface area contributed by atoms with Gasteiger partial charge in [-0.15, -0.1) is 6.58 Å². The van der Waals surface area contributed by atoms with Crippen molar-refractivity contribution < 1.29 is 4.74 Å². The third kappa shape index (κ3) is 3.24. The maximum absolute atomic E-state index is 5.63. The maximum atomic E-state index is 5.63. The fourth-order valence-corrected chi connectivity index (χ4v) is 3.78. The Bertz CT molecular complexity index is 699. The molecule has 1 aliphatic carbocycles. The van der Waals surface area contributed by atoms with Crippen molar-refractivity contribution in [3.63, 3.8) is 0 Å². The summed E-state index contributed by atoms with van der Waals surface area (Å²) in [5.74, 6) is 0.978. The first-order valence-corrected chi connectivity index (χ1v) is 8.71. The van der Waals surface area contributed by atoms with Crippen LogP contribution in [0.4, 0.5) is 0 Å². The quantitative estimate of drug-likeness (QED) is 0.784. The van der Waals surface area contributed by atoms with Gasteiger partial charge in [0.1, 0.15) is 5.75 Å². The van der Waals surface area contributed by atoms with Gasteiger partial charge in [-0.3, -0.25) is 4.68 Å². The van der Waals surface area contributed by atoms with Crippen LogP contribution in [0.3, 0.4) is 0 Å². The van der Waals surface area contributed by atoms with Crippen LogP contribution in [0.25, 0.3) is 0 Å². The number of methoxy groups -OCH3 is 1. The van der Waals surface area contributed by atoms with Crippen molar-refractivity contribution in [2.75, 3.05) is 7.11 Å². The number of hydrogen-bond acceptors (Lipinski definition) is 3. The van der Waals surface area contributed by atoms with Crippen LogP contribution >= 0.6 is 0 Å². The third-order valence-electron chi connectivity index (χ3n) is 5.06. The molecule has 4 nitrogen and oxygen atoms in total. The predicted molar refractivity (Wildman–Crippen MR) is 97.1 cm³/mol. The highest BCUT2D eigenvalue weighted by molar-refractivity contribution is 5.40. The van der Waals surface area contributed by atoms with Gasteiger partial charge in [0.05, 0.1) is 19.3 Å². The molecule has 3 rings (SSSR count). The Morgan fingerprint density at radius 2 is 2.08 bits per heavy atom. The van der Waals surface area contributed by atoms with Crippen LogP contribution in [0.2, 0.25) is 0 Å². The van der Waals surface area contributed by atoms with E-state index in [9.17, 15) is 0 Å². The van der Waals surface area contributed by atoms with Crippen molar-refractivity contribution >= 4 is 0 Å². The Kier molecular flexibility index (Phi) is 5.05. The molecule has 0 unspecified atom stereocenters. The van der Waals surface area contributed by atoms with Crippen LogP contribution in [-0.4, -0.2) is 16.9 Å². The monoisotopic (exact) mass is 325 g/mol. The minimum Gasteiger partial charge on any atom is -0.496 e. The highest BCUT2D eigenvalue weighted by Crippen LogP contribution is 2.42. The van der Waals surface area contributed by atoms with Gasteiger partial charge >= 0.3 is 0 Å². The summed E-state index contributed by atoms with van der Waals surface area (Å²) in [6.45, 7) is 7.42. The number of allylic oxidation sites excluding steroid dienone is 1. The average molecular weight is 325 g/mol. The fraction of sp³-hybridized carbons (Fsp3) is 0.450. The van der Waals surface area contributed by atoms with E-state index in [0.29, 0.717) is 0 Å². The Labute approximate surface area is 144 Å². The molecule has 1 aromatic heterocycles. The first kappa shape index (κ1) is 16.8. The predicted octanol–water partition coefficient (Wildman–Crippen LogP) is 3.95. The van der Waals surface area contributed by atoms with Crippen LogP contribution in [0.1, 0.15) is 42.5 Å². The zero-order valence-electron chi connectivity index (χ0n) is 14.7. The number of ether oxygens (including phenoxy) is 1. The van der Waals surface area contributed by atoms with Crippen LogP contribution in [0, 0.1) is 6.92 Å². The van der Waals surface area contributed by atoms with Crippen LogP contribution in [0.5, 0.6) is 5.75 Å². The summed E-state index contributed by atoms with van der Waals surface area (Å²) in [4.78, 5) is 0. The molecule has 1 fully saturated rings. The fourth-order valence-electron chi connectivity index (χ4n) is 3.78. The van der Waals surface area contributed by atoms with Crippen molar-refractivity contribution in [3.8, 4) is 5.75 Å². The Hall–Kier alpha value is -2.07. The lowest BCUT2D eigenvalue weighted by atomic mass is 9.87. The molecule has 1 saturated carbocycles. The second-order valence-corrected chi connectivity index (χ2v) is 6.59. The number of para-hydroxylation sites is 1. The highest BCUT2D eigenvalue weighted by atomic mass is 16.5. The molecule has 0 amide bonds. The number of nitrogens with zero attached hydrogens (tertiary/aromatic N) is 2. The SMILES string of the molecule is C=CCn1cc(CNC2(c3ccccc3OC)CCCC2)c(C)n1. The normalized spacial score (nSPS) is 16.2. The van der Waals surface area contributed by atoms with E-state index in [1.165, 1.54) is 24.0 Å². The van der Waals surface area contributed by atoms with E-state index in [1.807, 2.05) is 16.8 Å². The van der Waals surface area contributed by atoms with E-state index in [2.05, 4.69) is 48.3 Å². The van der Waals surface area contributed by atoms with E-state index >= 15 is 0 Å². The Morgan fingerprint density at radius 1 is 1.33 bits per heavy atom. The molecule has 0 aliphatic heterocycles. The van der Waals surface area contributed by atoms with Gasteiger partial charge in [0, 0.05) is 29.4 Å². The molecule has 0 spiro atoms. The van der Waals surface area contributed by atoms with E-state index in [0.717, 1.165) is 37.4 Å². The number of aromatic nitrogens is 2. The van der Waals surface area contributed by atoms with Crippen molar-refractivity contribution in [1.82, 2.24) is 15.1 Å². The number of aryl methyl sites for hydroxylation is 1. The van der Waals surface area contributed by atoms with Gasteiger partial charge in [-0.1, -0.05) is 37.1 Å². The number of hydrogen-bond donors (Lipinski definition) is 1. The number of benzene rings is 1. The molecule has 4 heteroatoms. The van der Waals surface area contributed by atoms with Crippen LogP contribution < -0.4 is 10.1 Å². The lowest BCUT2D eigenvalue weighted by Gasteiger charge is -2.32. The smallest absolute Gasteiger partial charge is 0.123 e. The summed E-state index contributed by atoms with van der Waals surface area (Å²) in [5.41, 5.74) is 3.61. The van der Waals surface area contributed by atoms with Gasteiger partial charge in [-0.05, 0) is 25.8 Å². The maximum Gasteiger partial charge on any atom is 0.123 e. The third-order valence-corrected chi connectivity index (χ3v) is 5.06. The number of nitrogens with one attached hydrogen (secondary N) is 1. The second-order valence-electron chi connectivity index (χ2n) is 6.59. The summed E-state index contributed by atoms with van der Waals surface area (Å²) in [6, 6.07) is 8.40. The summed E-state index contributed by atoms with van der Waals surface area (Å²) in [5, 5.41) is 8.40. The zero-order valence-corrected chi connectivity index (χ0v) is 14.7. The summed E-state index contributed by atoms with van der Waals surface area (Å²) < 4.78 is 7.58. The summed E-state index contributed by atoms with van der Waals surface area (Å²) in [6.07, 6.45) is 8.78. The molecule has 1 aromatic carbocycles. The molecule has 24 heavy (non-hydrogen) atoms. The van der Waals surface area contributed by atoms with Crippen LogP contribution in [0.15, 0.2) is 43.1 Å². The van der Waals surface area contributed by atoms with Gasteiger partial charge in [-0.2, -0.15) is 5.10 Å². The van der Waals surface area contributed by atoms with Gasteiger partial charge in [0.2, 0.25) is 0 Å². The largest absolute Gasteiger partial charge is 0.496 e. The summed E-state index contributed by atoms with van der Waals surface area (Å²) >= 11 is 0. The topological polar surface area (TPSA) is 39.1 Å². The minimum atomic E-state index is -0.000416. The minimum absolute atomic E-state index is 0.000416. The van der Waals surface area contributed by atoms with E-state index < -0.39 is 0 Å². The molecule has 128 valence electrons. The zero-order chi connectivity index (χ0) is 17.0. The molecule has 1 N–H and O–H groups in total. The van der Waals surface area contributed by atoms with Gasteiger partial charge < -0.3 is 10.1 Å². The van der Waals surface area contributed by atoms with Crippen molar-refractivity contribution in [3.05, 3.63) is 59.9 Å². The first-order valence-electron chi connectivity index (χ1n) is 8.71. The van der Waals surface area contributed by atoms with Crippen molar-refractivity contribution in [2.45, 2.75) is 51.2 Å². The molecule has 0 bridgehead atoms. The summed E-state index contributed by atoms with van der Waals surface area (Å²) in [7, 11) is 1.75. The van der Waals surface area contributed by atoms with Crippen molar-refractivity contribution in [1.29, 1.82) is 0 Å². The molecule has 1 heterocycles. The second kappa shape index (κ2) is 7.22. The van der Waals surface area contributed by atoms with E-state index in [-0.39, 0.29) is 5.54 Å². The number of rotatable bonds is 7. The molecular weight excluding hydrogens is 298 g/mol. The Morgan fingerprint density at radius 3 is 2.79 bits per heavy atom. The average Bonchev–Trinajstić information content (AvgIpc) is 3.21. The van der Waals surface area contributed by atoms with Gasteiger partial charge in [0.25, 0.3) is 0 Å². The molecule has 0 saturated heterocycles. The molecule has 0 atom stereocenters. The lowest BCUT2D eigenvalue weighted by molar-refractivity contribution is 0.316. The van der Waals surface area contributed by atoms with Crippen LogP contribution in [-0.2, 0) is 18.6 Å². The van der Waals surface area contributed by atoms with Gasteiger partial charge in [-0.25, -0.2) is 0 Å². The standard InChI is InChI=1S/C20H27N3O/c1-4-13-23-15-17(16(2)22-23)14-21-20(11-7-8-12-20)18-9-5-6-10-19(18)24-3/h4-6,9-10,15,21H,1,7-8,11-14H2,2-3H3. The van der Waals surface area contributed by atoms with Crippen molar-refractivity contribution in [2.24, 2.45) is 0 Å². The van der Waals surface area contributed by atoms with E-state index in [4.69, 9.17) is 4.74 Å². The highest BCUT2D eigenvalue weighted by Gasteiger charge is 2.37. The molecule has 2 aromatic rings. The molecule has 1 aliphatic rings.